The Kier molecular flexibility index (Phi) is 10.5. The molecule has 10 nitrogen and oxygen atoms in total. The van der Waals surface area contributed by atoms with Gasteiger partial charge in [0.2, 0.25) is 5.91 Å². The van der Waals surface area contributed by atoms with Gasteiger partial charge < -0.3 is 19.8 Å². The van der Waals surface area contributed by atoms with Gasteiger partial charge in [-0.1, -0.05) is 24.3 Å². The molecule has 1 aliphatic rings. The van der Waals surface area contributed by atoms with Crippen LogP contribution in [0.2, 0.25) is 0 Å². The van der Waals surface area contributed by atoms with E-state index in [1.54, 1.807) is 36.4 Å². The summed E-state index contributed by atoms with van der Waals surface area (Å²) in [6.45, 7) is 1.97. The molecule has 0 saturated carbocycles. The highest BCUT2D eigenvalue weighted by Crippen LogP contribution is 2.21. The summed E-state index contributed by atoms with van der Waals surface area (Å²) in [5, 5.41) is 3.23. The molecule has 0 radical (unpaired) electrons. The van der Waals surface area contributed by atoms with Gasteiger partial charge in [-0.15, -0.1) is 5.06 Å². The summed E-state index contributed by atoms with van der Waals surface area (Å²) in [5.41, 5.74) is 1.56. The fourth-order valence-electron chi connectivity index (χ4n) is 3.90. The standard InChI is InChI=1S/C28H30F3N3O7/c1-18(33(2)27(39)28(29,30)31)15-20-5-3-6-22(16-20)40-14-4-7-23(35)32-17-19-8-10-21(11-9-19)26(38)41-34-24(36)12-13-25(34)37/h3,5-6,8-11,16,18H,4,7,12-15,17H2,1-2H3,(H,32,35)/t18-/m0/s1. The summed E-state index contributed by atoms with van der Waals surface area (Å²) >= 11 is 0. The lowest BCUT2D eigenvalue weighted by Gasteiger charge is -2.26. The Balaban J connectivity index is 1.37. The Labute approximate surface area is 234 Å². The van der Waals surface area contributed by atoms with Crippen LogP contribution in [0.25, 0.3) is 0 Å². The highest BCUT2D eigenvalue weighted by atomic mass is 19.4. The van der Waals surface area contributed by atoms with Crippen LogP contribution in [0.3, 0.4) is 0 Å². The van der Waals surface area contributed by atoms with Crippen molar-refractivity contribution in [3.05, 3.63) is 65.2 Å². The topological polar surface area (TPSA) is 122 Å². The number of ether oxygens (including phenoxy) is 1. The maximum atomic E-state index is 12.7. The van der Waals surface area contributed by atoms with Gasteiger partial charge in [-0.05, 0) is 55.2 Å². The van der Waals surface area contributed by atoms with Crippen molar-refractivity contribution < 1.29 is 46.7 Å². The molecule has 0 spiro atoms. The third-order valence-electron chi connectivity index (χ3n) is 6.33. The molecule has 2 aromatic rings. The minimum absolute atomic E-state index is 0.00243. The average molecular weight is 578 g/mol. The van der Waals surface area contributed by atoms with Crippen LogP contribution in [0, 0.1) is 0 Å². The number of imide groups is 1. The second-order valence-corrected chi connectivity index (χ2v) is 9.50. The van der Waals surface area contributed by atoms with Crippen LogP contribution in [0.5, 0.6) is 5.75 Å². The first-order valence-corrected chi connectivity index (χ1v) is 12.8. The molecule has 3 rings (SSSR count). The molecule has 1 heterocycles. The van der Waals surface area contributed by atoms with Gasteiger partial charge in [0.1, 0.15) is 5.75 Å². The fourth-order valence-corrected chi connectivity index (χ4v) is 3.90. The molecule has 1 fully saturated rings. The molecular weight excluding hydrogens is 547 g/mol. The highest BCUT2D eigenvalue weighted by Gasteiger charge is 2.42. The predicted octanol–water partition coefficient (Wildman–Crippen LogP) is 3.33. The number of hydroxylamine groups is 2. The van der Waals surface area contributed by atoms with Crippen molar-refractivity contribution in [2.24, 2.45) is 0 Å². The minimum atomic E-state index is -4.93. The zero-order chi connectivity index (χ0) is 30.2. The first-order valence-electron chi connectivity index (χ1n) is 12.8. The molecule has 220 valence electrons. The number of benzene rings is 2. The van der Waals surface area contributed by atoms with Gasteiger partial charge in [-0.3, -0.25) is 19.2 Å². The molecule has 0 unspecified atom stereocenters. The molecule has 2 aromatic carbocycles. The van der Waals surface area contributed by atoms with E-state index in [9.17, 15) is 37.1 Å². The molecule has 13 heteroatoms. The van der Waals surface area contributed by atoms with E-state index in [4.69, 9.17) is 9.57 Å². The van der Waals surface area contributed by atoms with Gasteiger partial charge in [-0.2, -0.15) is 13.2 Å². The molecular formula is C28H30F3N3O7. The molecule has 4 amide bonds. The predicted molar refractivity (Wildman–Crippen MR) is 138 cm³/mol. The van der Waals surface area contributed by atoms with E-state index in [1.807, 2.05) is 0 Å². The number of nitrogens with one attached hydrogen (secondary N) is 1. The quantitative estimate of drug-likeness (QED) is 0.303. The van der Waals surface area contributed by atoms with Crippen molar-refractivity contribution in [1.29, 1.82) is 0 Å². The minimum Gasteiger partial charge on any atom is -0.494 e. The third kappa shape index (κ3) is 9.05. The van der Waals surface area contributed by atoms with Crippen LogP contribution in [0.15, 0.2) is 48.5 Å². The van der Waals surface area contributed by atoms with Crippen molar-refractivity contribution in [1.82, 2.24) is 15.3 Å². The number of carbonyl (C=O) groups is 5. The lowest BCUT2D eigenvalue weighted by molar-refractivity contribution is -0.185. The second-order valence-electron chi connectivity index (χ2n) is 9.50. The van der Waals surface area contributed by atoms with Crippen LogP contribution in [0.1, 0.15) is 54.1 Å². The Morgan fingerprint density at radius 3 is 2.32 bits per heavy atom. The Morgan fingerprint density at radius 1 is 1.02 bits per heavy atom. The Bertz CT molecular complexity index is 1270. The van der Waals surface area contributed by atoms with Crippen LogP contribution >= 0.6 is 0 Å². The first-order chi connectivity index (χ1) is 19.3. The number of halogens is 3. The summed E-state index contributed by atoms with van der Waals surface area (Å²) in [5.74, 6) is -3.60. The summed E-state index contributed by atoms with van der Waals surface area (Å²) in [7, 11) is 1.11. The summed E-state index contributed by atoms with van der Waals surface area (Å²) in [6.07, 6.45) is -4.12. The second kappa shape index (κ2) is 13.8. The Hall–Kier alpha value is -4.42. The molecule has 0 aliphatic carbocycles. The maximum absolute atomic E-state index is 12.7. The summed E-state index contributed by atoms with van der Waals surface area (Å²) in [4.78, 5) is 64.5. The van der Waals surface area contributed by atoms with E-state index in [2.05, 4.69) is 5.32 Å². The van der Waals surface area contributed by atoms with E-state index < -0.39 is 35.9 Å². The van der Waals surface area contributed by atoms with Gasteiger partial charge in [0.05, 0.1) is 12.2 Å². The van der Waals surface area contributed by atoms with Gasteiger partial charge in [-0.25, -0.2) is 4.79 Å². The number of amides is 4. The van der Waals surface area contributed by atoms with E-state index in [0.29, 0.717) is 33.3 Å². The van der Waals surface area contributed by atoms with Crippen molar-refractivity contribution >= 4 is 29.6 Å². The number of alkyl halides is 3. The molecule has 41 heavy (non-hydrogen) atoms. The van der Waals surface area contributed by atoms with Crippen molar-refractivity contribution in [3.8, 4) is 5.75 Å². The number of hydrogen-bond acceptors (Lipinski definition) is 7. The number of rotatable bonds is 12. The third-order valence-corrected chi connectivity index (χ3v) is 6.33. The first kappa shape index (κ1) is 31.1. The van der Waals surface area contributed by atoms with E-state index >= 15 is 0 Å². The normalized spacial score (nSPS) is 14.0. The molecule has 1 aliphatic heterocycles. The number of hydrogen-bond donors (Lipinski definition) is 1. The number of carbonyl (C=O) groups excluding carboxylic acids is 5. The van der Waals surface area contributed by atoms with Crippen LogP contribution in [-0.4, -0.2) is 65.4 Å². The average Bonchev–Trinajstić information content (AvgIpc) is 3.25. The van der Waals surface area contributed by atoms with Crippen LogP contribution < -0.4 is 10.1 Å². The number of nitrogens with zero attached hydrogens (tertiary/aromatic N) is 2. The fraction of sp³-hybridized carbons (Fsp3) is 0.393. The van der Waals surface area contributed by atoms with Crippen LogP contribution in [-0.2, 0) is 37.0 Å². The highest BCUT2D eigenvalue weighted by molar-refractivity contribution is 6.02. The van der Waals surface area contributed by atoms with Gasteiger partial charge in [0.25, 0.3) is 11.8 Å². The molecule has 1 saturated heterocycles. The monoisotopic (exact) mass is 577 g/mol. The van der Waals surface area contributed by atoms with Crippen molar-refractivity contribution in [3.63, 3.8) is 0 Å². The summed E-state index contributed by atoms with van der Waals surface area (Å²) < 4.78 is 43.7. The van der Waals surface area contributed by atoms with E-state index in [-0.39, 0.29) is 50.3 Å². The van der Waals surface area contributed by atoms with Crippen molar-refractivity contribution in [2.75, 3.05) is 13.7 Å². The van der Waals surface area contributed by atoms with Gasteiger partial charge >= 0.3 is 18.1 Å². The van der Waals surface area contributed by atoms with E-state index in [1.165, 1.54) is 19.1 Å². The zero-order valence-corrected chi connectivity index (χ0v) is 22.5. The van der Waals surface area contributed by atoms with E-state index in [0.717, 1.165) is 7.05 Å². The number of likely N-dealkylation sites (N-methyl/N-ethyl adjacent to an activating group) is 1. The molecule has 1 N–H and O–H groups in total. The van der Waals surface area contributed by atoms with Crippen LogP contribution in [0.4, 0.5) is 13.2 Å². The SMILES string of the molecule is C[C@@H](Cc1cccc(OCCCC(=O)NCc2ccc(C(=O)ON3C(=O)CCC3=O)cc2)c1)N(C)C(=O)C(F)(F)F. The molecule has 1 atom stereocenters. The van der Waals surface area contributed by atoms with Crippen molar-refractivity contribution in [2.45, 2.75) is 57.8 Å². The smallest absolute Gasteiger partial charge is 0.471 e. The van der Waals surface area contributed by atoms with Gasteiger partial charge in [0.15, 0.2) is 0 Å². The lowest BCUT2D eigenvalue weighted by atomic mass is 10.1. The maximum Gasteiger partial charge on any atom is 0.471 e. The summed E-state index contributed by atoms with van der Waals surface area (Å²) in [6, 6.07) is 12.3. The molecule has 0 bridgehead atoms. The molecule has 0 aromatic heterocycles. The largest absolute Gasteiger partial charge is 0.494 e. The van der Waals surface area contributed by atoms with Gasteiger partial charge in [0, 0.05) is 38.9 Å². The zero-order valence-electron chi connectivity index (χ0n) is 22.5. The Morgan fingerprint density at radius 2 is 1.68 bits per heavy atom. The lowest BCUT2D eigenvalue weighted by Crippen LogP contribution is -2.44.